The maximum absolute atomic E-state index is 13.1. The summed E-state index contributed by atoms with van der Waals surface area (Å²) in [5.74, 6) is 0.120. The summed E-state index contributed by atoms with van der Waals surface area (Å²) in [5, 5.41) is 0. The Morgan fingerprint density at radius 3 is 2.20 bits per heavy atom. The third kappa shape index (κ3) is 6.07. The maximum atomic E-state index is 13.1. The van der Waals surface area contributed by atoms with Gasteiger partial charge in [0.25, 0.3) is 0 Å². The van der Waals surface area contributed by atoms with Crippen LogP contribution in [0.4, 0.5) is 4.79 Å². The predicted octanol–water partition coefficient (Wildman–Crippen LogP) is 6.34. The van der Waals surface area contributed by atoms with Crippen LogP contribution in [-0.2, 0) is 20.4 Å². The molecule has 1 saturated carbocycles. The van der Waals surface area contributed by atoms with E-state index in [9.17, 15) is 14.4 Å². The van der Waals surface area contributed by atoms with Gasteiger partial charge < -0.3 is 4.74 Å². The van der Waals surface area contributed by atoms with Crippen molar-refractivity contribution >= 4 is 17.8 Å². The summed E-state index contributed by atoms with van der Waals surface area (Å²) >= 11 is 0. The Hall–Kier alpha value is -2.37. The molecule has 1 saturated heterocycles. The molecule has 3 rings (SSSR count). The van der Waals surface area contributed by atoms with Gasteiger partial charge in [-0.2, -0.15) is 0 Å². The quantitative estimate of drug-likeness (QED) is 0.287. The summed E-state index contributed by atoms with van der Waals surface area (Å²) in [7, 11) is 0. The Balaban J connectivity index is 1.67. The molecule has 194 valence electrons. The third-order valence-corrected chi connectivity index (χ3v) is 8.29. The monoisotopic (exact) mass is 484 g/mol. The van der Waals surface area contributed by atoms with Crippen molar-refractivity contribution in [2.45, 2.75) is 116 Å². The Labute approximate surface area is 211 Å². The summed E-state index contributed by atoms with van der Waals surface area (Å²) < 4.78 is 6.22. The largest absolute Gasteiger partial charge is 0.493 e. The number of nitrogens with zero attached hydrogens (tertiary/aromatic N) is 2. The molecule has 2 aliphatic rings. The van der Waals surface area contributed by atoms with E-state index in [1.54, 1.807) is 0 Å². The minimum Gasteiger partial charge on any atom is -0.493 e. The first-order valence-corrected chi connectivity index (χ1v) is 13.5. The average Bonchev–Trinajstić information content (AvgIpc) is 2.83. The number of amides is 4. The van der Waals surface area contributed by atoms with Gasteiger partial charge in [0.2, 0.25) is 11.8 Å². The topological polar surface area (TPSA) is 66.9 Å². The number of hydrogen-bond acceptors (Lipinski definition) is 4. The summed E-state index contributed by atoms with van der Waals surface area (Å²) in [5.41, 5.74) is 2.56. The molecule has 0 bridgehead atoms. The lowest BCUT2D eigenvalue weighted by molar-refractivity contribution is -0.144. The van der Waals surface area contributed by atoms with Crippen molar-refractivity contribution in [3.8, 4) is 5.75 Å². The second kappa shape index (κ2) is 11.1. The number of ether oxygens (including phenoxy) is 1. The summed E-state index contributed by atoms with van der Waals surface area (Å²) in [6.07, 6.45) is 7.21. The molecule has 0 spiro atoms. The van der Waals surface area contributed by atoms with Crippen molar-refractivity contribution in [1.82, 2.24) is 9.80 Å². The van der Waals surface area contributed by atoms with E-state index in [1.165, 1.54) is 20.9 Å². The fourth-order valence-electron chi connectivity index (χ4n) is 4.98. The zero-order valence-electron chi connectivity index (χ0n) is 22.6. The van der Waals surface area contributed by atoms with E-state index in [4.69, 9.17) is 4.74 Å². The molecule has 0 atom stereocenters. The van der Waals surface area contributed by atoms with Crippen LogP contribution in [0.1, 0.15) is 110 Å². The van der Waals surface area contributed by atoms with Crippen LogP contribution in [-0.4, -0.2) is 46.8 Å². The van der Waals surface area contributed by atoms with Crippen molar-refractivity contribution in [3.05, 3.63) is 29.3 Å². The number of hydrogen-bond donors (Lipinski definition) is 0. The molecule has 6 nitrogen and oxygen atoms in total. The first kappa shape index (κ1) is 27.2. The lowest BCUT2D eigenvalue weighted by atomic mass is 9.76. The minimum absolute atomic E-state index is 0.0329. The van der Waals surface area contributed by atoms with Gasteiger partial charge in [0.05, 0.1) is 6.61 Å². The molecular formula is C29H44N2O4. The van der Waals surface area contributed by atoms with Gasteiger partial charge in [-0.1, -0.05) is 72.9 Å². The molecule has 1 aromatic rings. The van der Waals surface area contributed by atoms with Gasteiger partial charge in [0.15, 0.2) is 0 Å². The first-order chi connectivity index (χ1) is 16.5. The predicted molar refractivity (Wildman–Crippen MR) is 139 cm³/mol. The highest BCUT2D eigenvalue weighted by Crippen LogP contribution is 2.38. The van der Waals surface area contributed by atoms with Crippen molar-refractivity contribution in [1.29, 1.82) is 0 Å². The number of carbonyl (C=O) groups is 3. The van der Waals surface area contributed by atoms with E-state index in [1.807, 2.05) is 0 Å². The lowest BCUT2D eigenvalue weighted by Gasteiger charge is -2.39. The van der Waals surface area contributed by atoms with Gasteiger partial charge in [0.1, 0.15) is 12.2 Å². The Morgan fingerprint density at radius 2 is 1.57 bits per heavy atom. The van der Waals surface area contributed by atoms with Crippen molar-refractivity contribution in [2.75, 3.05) is 13.2 Å². The molecule has 2 fully saturated rings. The highest BCUT2D eigenvalue weighted by atomic mass is 16.5. The molecule has 0 N–H and O–H groups in total. The Morgan fingerprint density at radius 1 is 0.914 bits per heavy atom. The van der Waals surface area contributed by atoms with E-state index in [0.717, 1.165) is 50.7 Å². The molecule has 1 heterocycles. The van der Waals surface area contributed by atoms with E-state index in [0.29, 0.717) is 13.0 Å². The number of carbonyl (C=O) groups excluding carboxylic acids is 3. The van der Waals surface area contributed by atoms with Gasteiger partial charge in [-0.25, -0.2) is 4.79 Å². The molecule has 0 aromatic heterocycles. The van der Waals surface area contributed by atoms with Crippen LogP contribution in [0.15, 0.2) is 18.2 Å². The van der Waals surface area contributed by atoms with Gasteiger partial charge in [-0.3, -0.25) is 19.4 Å². The van der Waals surface area contributed by atoms with Crippen molar-refractivity contribution in [3.63, 3.8) is 0 Å². The number of barbiturate groups is 1. The summed E-state index contributed by atoms with van der Waals surface area (Å²) in [4.78, 5) is 40.7. The molecule has 6 heteroatoms. The number of rotatable bonds is 10. The van der Waals surface area contributed by atoms with Crippen LogP contribution in [0.3, 0.4) is 0 Å². The zero-order chi connectivity index (χ0) is 25.8. The van der Waals surface area contributed by atoms with Crippen molar-refractivity contribution < 1.29 is 19.1 Å². The van der Waals surface area contributed by atoms with Gasteiger partial charge >= 0.3 is 6.03 Å². The minimum atomic E-state index is -0.447. The van der Waals surface area contributed by atoms with Crippen LogP contribution < -0.4 is 4.74 Å². The normalized spacial score (nSPS) is 18.4. The van der Waals surface area contributed by atoms with Crippen LogP contribution in [0.2, 0.25) is 0 Å². The number of urea groups is 1. The van der Waals surface area contributed by atoms with Crippen molar-refractivity contribution in [2.24, 2.45) is 0 Å². The molecule has 0 unspecified atom stereocenters. The second-order valence-electron chi connectivity index (χ2n) is 11.4. The summed E-state index contributed by atoms with van der Waals surface area (Å²) in [6, 6.07) is 5.99. The average molecular weight is 485 g/mol. The van der Waals surface area contributed by atoms with E-state index in [2.05, 4.69) is 59.7 Å². The fourth-order valence-corrected chi connectivity index (χ4v) is 4.98. The lowest BCUT2D eigenvalue weighted by Crippen LogP contribution is -2.58. The highest BCUT2D eigenvalue weighted by Gasteiger charge is 2.41. The molecule has 0 radical (unpaired) electrons. The Kier molecular flexibility index (Phi) is 8.66. The molecule has 35 heavy (non-hydrogen) atoms. The standard InChI is InChI=1S/C29H44N2O4/c1-7-28(3,4)21-15-16-24(23(19-21)29(5,6)8-2)35-18-12-17-30-25(32)20-26(33)31(27(30)34)22-13-10-9-11-14-22/h15-16,19,22H,7-14,17-18,20H2,1-6H3. The molecule has 1 aromatic carbocycles. The molecule has 1 aliphatic carbocycles. The van der Waals surface area contributed by atoms with Gasteiger partial charge in [-0.05, 0) is 54.6 Å². The van der Waals surface area contributed by atoms with Gasteiger partial charge in [0, 0.05) is 18.2 Å². The zero-order valence-corrected chi connectivity index (χ0v) is 22.6. The summed E-state index contributed by atoms with van der Waals surface area (Å²) in [6.45, 7) is 14.1. The van der Waals surface area contributed by atoms with E-state index in [-0.39, 0.29) is 35.7 Å². The van der Waals surface area contributed by atoms with Gasteiger partial charge in [-0.15, -0.1) is 0 Å². The first-order valence-electron chi connectivity index (χ1n) is 13.5. The van der Waals surface area contributed by atoms with Crippen LogP contribution >= 0.6 is 0 Å². The van der Waals surface area contributed by atoms with Crippen LogP contribution in [0, 0.1) is 0 Å². The SMILES string of the molecule is CCC(C)(C)c1ccc(OCCCN2C(=O)CC(=O)N(C3CCCCC3)C2=O)c(C(C)(C)CC)c1. The number of imide groups is 2. The molecular weight excluding hydrogens is 440 g/mol. The molecule has 1 aliphatic heterocycles. The maximum Gasteiger partial charge on any atom is 0.333 e. The third-order valence-electron chi connectivity index (χ3n) is 8.29. The van der Waals surface area contributed by atoms with Crippen LogP contribution in [0.5, 0.6) is 5.75 Å². The smallest absolute Gasteiger partial charge is 0.333 e. The number of benzene rings is 1. The van der Waals surface area contributed by atoms with Crippen LogP contribution in [0.25, 0.3) is 0 Å². The van der Waals surface area contributed by atoms with E-state index < -0.39 is 11.9 Å². The fraction of sp³-hybridized carbons (Fsp3) is 0.690. The Bertz CT molecular complexity index is 931. The van der Waals surface area contributed by atoms with E-state index >= 15 is 0 Å². The highest BCUT2D eigenvalue weighted by molar-refractivity contribution is 6.14. The second-order valence-corrected chi connectivity index (χ2v) is 11.4. The molecule has 4 amide bonds.